The second-order valence-electron chi connectivity index (χ2n) is 6.68. The zero-order valence-corrected chi connectivity index (χ0v) is 16.0. The monoisotopic (exact) mass is 403 g/mol. The summed E-state index contributed by atoms with van der Waals surface area (Å²) < 4.78 is 19.2. The SMILES string of the molecule is CC(Nc1ccc(Oc2nc3cnccc3c(=O)[nH]2)cc1C=N)c1cccc(F)c1. The number of anilines is 1. The first-order valence-electron chi connectivity index (χ1n) is 9.22. The average molecular weight is 403 g/mol. The predicted molar refractivity (Wildman–Crippen MR) is 113 cm³/mol. The third-order valence-corrected chi connectivity index (χ3v) is 4.60. The van der Waals surface area contributed by atoms with E-state index < -0.39 is 0 Å². The largest absolute Gasteiger partial charge is 0.426 e. The van der Waals surface area contributed by atoms with Crippen molar-refractivity contribution in [3.63, 3.8) is 0 Å². The number of aromatic nitrogens is 3. The Morgan fingerprint density at radius 1 is 1.23 bits per heavy atom. The molecule has 1 atom stereocenters. The molecule has 0 radical (unpaired) electrons. The minimum absolute atomic E-state index is 0.0327. The van der Waals surface area contributed by atoms with Crippen LogP contribution in [0.4, 0.5) is 10.1 Å². The lowest BCUT2D eigenvalue weighted by Crippen LogP contribution is -2.10. The molecule has 8 heteroatoms. The highest BCUT2D eigenvalue weighted by atomic mass is 19.1. The summed E-state index contributed by atoms with van der Waals surface area (Å²) in [4.78, 5) is 23.0. The number of rotatable bonds is 6. The predicted octanol–water partition coefficient (Wildman–Crippen LogP) is 4.42. The lowest BCUT2D eigenvalue weighted by atomic mass is 10.1. The smallest absolute Gasteiger partial charge is 0.302 e. The van der Waals surface area contributed by atoms with E-state index in [9.17, 15) is 9.18 Å². The van der Waals surface area contributed by atoms with Crippen LogP contribution in [-0.2, 0) is 0 Å². The fraction of sp³-hybridized carbons (Fsp3) is 0.0909. The molecule has 0 aliphatic heterocycles. The van der Waals surface area contributed by atoms with Gasteiger partial charge in [-0.2, -0.15) is 4.98 Å². The van der Waals surface area contributed by atoms with Crippen LogP contribution in [-0.4, -0.2) is 21.2 Å². The lowest BCUT2D eigenvalue weighted by molar-refractivity contribution is 0.442. The molecule has 7 nitrogen and oxygen atoms in total. The number of aromatic amines is 1. The molecule has 150 valence electrons. The van der Waals surface area contributed by atoms with E-state index in [1.165, 1.54) is 30.7 Å². The number of halogens is 1. The Balaban J connectivity index is 1.58. The summed E-state index contributed by atoms with van der Waals surface area (Å²) in [5, 5.41) is 11.4. The van der Waals surface area contributed by atoms with Crippen LogP contribution in [0, 0.1) is 11.2 Å². The number of nitrogens with zero attached hydrogens (tertiary/aromatic N) is 2. The molecule has 2 heterocycles. The van der Waals surface area contributed by atoms with E-state index in [1.54, 1.807) is 30.3 Å². The quantitative estimate of drug-likeness (QED) is 0.414. The molecule has 0 aliphatic rings. The van der Waals surface area contributed by atoms with Crippen LogP contribution < -0.4 is 15.6 Å². The molecule has 2 aromatic heterocycles. The molecule has 4 aromatic rings. The molecular formula is C22H18FN5O2. The van der Waals surface area contributed by atoms with Crippen molar-refractivity contribution in [1.29, 1.82) is 5.41 Å². The maximum Gasteiger partial charge on any atom is 0.302 e. The molecule has 0 fully saturated rings. The summed E-state index contributed by atoms with van der Waals surface area (Å²) in [6.45, 7) is 1.91. The number of ether oxygens (including phenoxy) is 1. The van der Waals surface area contributed by atoms with Crippen LogP contribution in [0.15, 0.2) is 65.7 Å². The zero-order chi connectivity index (χ0) is 21.1. The van der Waals surface area contributed by atoms with Crippen LogP contribution >= 0.6 is 0 Å². The van der Waals surface area contributed by atoms with Gasteiger partial charge in [-0.15, -0.1) is 0 Å². The van der Waals surface area contributed by atoms with Gasteiger partial charge in [0.05, 0.1) is 17.1 Å². The third-order valence-electron chi connectivity index (χ3n) is 4.60. The molecule has 1 unspecified atom stereocenters. The van der Waals surface area contributed by atoms with Gasteiger partial charge in [-0.1, -0.05) is 12.1 Å². The topological polar surface area (TPSA) is 104 Å². The van der Waals surface area contributed by atoms with E-state index in [-0.39, 0.29) is 23.4 Å². The minimum Gasteiger partial charge on any atom is -0.426 e. The van der Waals surface area contributed by atoms with Gasteiger partial charge in [0, 0.05) is 29.7 Å². The van der Waals surface area contributed by atoms with Crippen LogP contribution in [0.5, 0.6) is 11.8 Å². The third kappa shape index (κ3) is 4.02. The van der Waals surface area contributed by atoms with Gasteiger partial charge in [0.2, 0.25) is 0 Å². The first-order valence-corrected chi connectivity index (χ1v) is 9.22. The van der Waals surface area contributed by atoms with Gasteiger partial charge in [-0.3, -0.25) is 14.8 Å². The number of fused-ring (bicyclic) bond motifs is 1. The minimum atomic E-state index is -0.327. The molecule has 3 N–H and O–H groups in total. The van der Waals surface area contributed by atoms with Crippen LogP contribution in [0.25, 0.3) is 10.9 Å². The van der Waals surface area contributed by atoms with Gasteiger partial charge in [-0.25, -0.2) is 4.39 Å². The molecule has 0 saturated heterocycles. The fourth-order valence-corrected chi connectivity index (χ4v) is 3.08. The van der Waals surface area contributed by atoms with Gasteiger partial charge in [-0.05, 0) is 48.9 Å². The summed E-state index contributed by atoms with van der Waals surface area (Å²) in [5.41, 5.74) is 2.15. The number of hydrogen-bond donors (Lipinski definition) is 3. The van der Waals surface area contributed by atoms with Gasteiger partial charge in [0.1, 0.15) is 11.6 Å². The van der Waals surface area contributed by atoms with E-state index in [0.29, 0.717) is 27.9 Å². The van der Waals surface area contributed by atoms with Crippen molar-refractivity contribution in [2.24, 2.45) is 0 Å². The van der Waals surface area contributed by atoms with Crippen LogP contribution in [0.1, 0.15) is 24.1 Å². The molecule has 0 bridgehead atoms. The number of pyridine rings is 1. The Morgan fingerprint density at radius 2 is 2.10 bits per heavy atom. The Labute approximate surface area is 171 Å². The molecule has 4 rings (SSSR count). The van der Waals surface area contributed by atoms with Crippen LogP contribution in [0.3, 0.4) is 0 Å². The molecular weight excluding hydrogens is 385 g/mol. The molecule has 0 spiro atoms. The summed E-state index contributed by atoms with van der Waals surface area (Å²) in [6.07, 6.45) is 4.20. The summed E-state index contributed by atoms with van der Waals surface area (Å²) in [7, 11) is 0. The van der Waals surface area contributed by atoms with E-state index in [4.69, 9.17) is 10.1 Å². The highest BCUT2D eigenvalue weighted by Gasteiger charge is 2.11. The van der Waals surface area contributed by atoms with Crippen LogP contribution in [0.2, 0.25) is 0 Å². The maximum absolute atomic E-state index is 13.5. The summed E-state index contributed by atoms with van der Waals surface area (Å²) in [5.74, 6) is 0.105. The van der Waals surface area contributed by atoms with E-state index >= 15 is 0 Å². The normalized spacial score (nSPS) is 11.8. The second-order valence-corrected chi connectivity index (χ2v) is 6.68. The number of H-pyrrole nitrogens is 1. The molecule has 0 aliphatic carbocycles. The number of hydrogen-bond acceptors (Lipinski definition) is 6. The van der Waals surface area contributed by atoms with Crippen molar-refractivity contribution in [3.05, 3.63) is 88.2 Å². The van der Waals surface area contributed by atoms with Crippen molar-refractivity contribution >= 4 is 22.8 Å². The van der Waals surface area contributed by atoms with E-state index in [2.05, 4.69) is 20.3 Å². The summed E-state index contributed by atoms with van der Waals surface area (Å²) in [6, 6.07) is 12.9. The van der Waals surface area contributed by atoms with E-state index in [0.717, 1.165) is 5.56 Å². The van der Waals surface area contributed by atoms with Crippen molar-refractivity contribution < 1.29 is 9.13 Å². The molecule has 0 amide bonds. The van der Waals surface area contributed by atoms with E-state index in [1.807, 2.05) is 13.0 Å². The second kappa shape index (κ2) is 8.12. The standard InChI is InChI=1S/C22H18FN5O2/c1-13(14-3-2-4-16(23)9-14)26-19-6-5-17(10-15(19)11-24)30-22-27-20-12-25-8-7-18(20)21(29)28-22/h2-13,24,26H,1H3,(H,27,28,29). The van der Waals surface area contributed by atoms with Crippen molar-refractivity contribution in [3.8, 4) is 11.8 Å². The Kier molecular flexibility index (Phi) is 5.21. The number of nitrogens with one attached hydrogen (secondary N) is 3. The van der Waals surface area contributed by atoms with Gasteiger partial charge in [0.25, 0.3) is 5.56 Å². The Bertz CT molecular complexity index is 1290. The van der Waals surface area contributed by atoms with Gasteiger partial charge >= 0.3 is 6.01 Å². The van der Waals surface area contributed by atoms with Gasteiger partial charge in [0.15, 0.2) is 0 Å². The highest BCUT2D eigenvalue weighted by Crippen LogP contribution is 2.27. The molecule has 30 heavy (non-hydrogen) atoms. The molecule has 2 aromatic carbocycles. The number of benzene rings is 2. The zero-order valence-electron chi connectivity index (χ0n) is 16.0. The first kappa shape index (κ1) is 19.3. The van der Waals surface area contributed by atoms with Crippen molar-refractivity contribution in [1.82, 2.24) is 15.0 Å². The van der Waals surface area contributed by atoms with Crippen molar-refractivity contribution in [2.75, 3.05) is 5.32 Å². The lowest BCUT2D eigenvalue weighted by Gasteiger charge is -2.18. The fourth-order valence-electron chi connectivity index (χ4n) is 3.08. The van der Waals surface area contributed by atoms with Crippen molar-refractivity contribution in [2.45, 2.75) is 13.0 Å². The highest BCUT2D eigenvalue weighted by molar-refractivity contribution is 5.86. The molecule has 0 saturated carbocycles. The Hall–Kier alpha value is -4.07. The maximum atomic E-state index is 13.5. The Morgan fingerprint density at radius 3 is 2.90 bits per heavy atom. The summed E-state index contributed by atoms with van der Waals surface area (Å²) >= 11 is 0. The van der Waals surface area contributed by atoms with Gasteiger partial charge < -0.3 is 15.5 Å². The first-order chi connectivity index (χ1) is 14.5. The average Bonchev–Trinajstić information content (AvgIpc) is 2.75.